The number of Topliss-reactive ketones (excluding diaryl/α,β-unsaturated/α-hetero) is 1. The Bertz CT molecular complexity index is 383. The number of hydrogen-bond donors (Lipinski definition) is 0. The molecular formula is C17H24O. The fraction of sp³-hybridized carbons (Fsp3) is 0.588. The van der Waals surface area contributed by atoms with Gasteiger partial charge in [-0.1, -0.05) is 51.0 Å². The maximum Gasteiger partial charge on any atom is 0.139 e. The van der Waals surface area contributed by atoms with E-state index in [-0.39, 0.29) is 5.92 Å². The third-order valence-electron chi connectivity index (χ3n) is 4.25. The predicted molar refractivity (Wildman–Crippen MR) is 75.7 cm³/mol. The van der Waals surface area contributed by atoms with Crippen LogP contribution in [0.2, 0.25) is 0 Å². The van der Waals surface area contributed by atoms with E-state index in [1.807, 2.05) is 0 Å². The van der Waals surface area contributed by atoms with Crippen molar-refractivity contribution >= 4 is 5.78 Å². The Morgan fingerprint density at radius 1 is 1.22 bits per heavy atom. The van der Waals surface area contributed by atoms with Crippen molar-refractivity contribution in [3.63, 3.8) is 0 Å². The van der Waals surface area contributed by atoms with Crippen LogP contribution in [-0.4, -0.2) is 5.78 Å². The third-order valence-corrected chi connectivity index (χ3v) is 4.25. The number of fused-ring (bicyclic) bond motifs is 1. The zero-order valence-corrected chi connectivity index (χ0v) is 11.6. The fourth-order valence-corrected chi connectivity index (χ4v) is 3.09. The molecule has 2 rings (SSSR count). The predicted octanol–water partition coefficient (Wildman–Crippen LogP) is 4.19. The first kappa shape index (κ1) is 13.3. The molecule has 1 aliphatic carbocycles. The Labute approximate surface area is 111 Å². The summed E-state index contributed by atoms with van der Waals surface area (Å²) < 4.78 is 0. The third kappa shape index (κ3) is 2.82. The monoisotopic (exact) mass is 244 g/mol. The van der Waals surface area contributed by atoms with Crippen molar-refractivity contribution in [1.29, 1.82) is 0 Å². The van der Waals surface area contributed by atoms with Crippen LogP contribution in [0.5, 0.6) is 0 Å². The van der Waals surface area contributed by atoms with E-state index in [4.69, 9.17) is 0 Å². The Balaban J connectivity index is 1.99. The molecule has 0 bridgehead atoms. The first-order valence-electron chi connectivity index (χ1n) is 7.36. The molecule has 0 spiro atoms. The molecule has 0 aliphatic heterocycles. The number of hydrogen-bond acceptors (Lipinski definition) is 1. The lowest BCUT2D eigenvalue weighted by molar-refractivity contribution is -0.126. The van der Waals surface area contributed by atoms with E-state index in [2.05, 4.69) is 38.1 Å². The van der Waals surface area contributed by atoms with Crippen LogP contribution in [0, 0.1) is 11.8 Å². The van der Waals surface area contributed by atoms with Crippen LogP contribution in [0.15, 0.2) is 24.3 Å². The summed E-state index contributed by atoms with van der Waals surface area (Å²) in [5.74, 6) is 1.07. The number of carbonyl (C=O) groups is 1. The van der Waals surface area contributed by atoms with Gasteiger partial charge in [0.05, 0.1) is 0 Å². The van der Waals surface area contributed by atoms with Crippen molar-refractivity contribution in [2.75, 3.05) is 0 Å². The van der Waals surface area contributed by atoms with Gasteiger partial charge < -0.3 is 0 Å². The smallest absolute Gasteiger partial charge is 0.139 e. The number of benzene rings is 1. The van der Waals surface area contributed by atoms with Crippen LogP contribution in [0.25, 0.3) is 0 Å². The molecule has 1 nitrogen and oxygen atoms in total. The molecule has 98 valence electrons. The van der Waals surface area contributed by atoms with Crippen molar-refractivity contribution in [2.24, 2.45) is 11.8 Å². The molecule has 0 heterocycles. The molecule has 0 N–H and O–H groups in total. The van der Waals surface area contributed by atoms with Crippen LogP contribution < -0.4 is 0 Å². The minimum absolute atomic E-state index is 0.254. The van der Waals surface area contributed by atoms with Gasteiger partial charge >= 0.3 is 0 Å². The quantitative estimate of drug-likeness (QED) is 0.733. The van der Waals surface area contributed by atoms with E-state index in [9.17, 15) is 4.79 Å². The van der Waals surface area contributed by atoms with Gasteiger partial charge in [0.25, 0.3) is 0 Å². The topological polar surface area (TPSA) is 17.1 Å². The molecule has 0 saturated heterocycles. The summed E-state index contributed by atoms with van der Waals surface area (Å²) in [7, 11) is 0. The summed E-state index contributed by atoms with van der Waals surface area (Å²) in [4.78, 5) is 12.6. The maximum atomic E-state index is 12.6. The first-order chi connectivity index (χ1) is 8.76. The molecule has 1 aromatic carbocycles. The molecule has 1 heteroatoms. The second kappa shape index (κ2) is 6.17. The molecule has 1 unspecified atom stereocenters. The molecular weight excluding hydrogens is 220 g/mol. The van der Waals surface area contributed by atoms with Crippen molar-refractivity contribution in [3.05, 3.63) is 35.4 Å². The number of unbranched alkanes of at least 4 members (excludes halogenated alkanes) is 1. The molecule has 1 aromatic rings. The zero-order chi connectivity index (χ0) is 13.0. The van der Waals surface area contributed by atoms with E-state index >= 15 is 0 Å². The highest BCUT2D eigenvalue weighted by Crippen LogP contribution is 2.30. The van der Waals surface area contributed by atoms with Crippen LogP contribution in [0.1, 0.15) is 50.7 Å². The molecule has 0 aromatic heterocycles. The minimum atomic E-state index is 0.254. The minimum Gasteiger partial charge on any atom is -0.299 e. The molecule has 1 aliphatic rings. The van der Waals surface area contributed by atoms with Gasteiger partial charge in [0.1, 0.15) is 5.78 Å². The van der Waals surface area contributed by atoms with Gasteiger partial charge in [-0.05, 0) is 36.8 Å². The molecule has 0 saturated carbocycles. The molecule has 1 atom stereocenters. The van der Waals surface area contributed by atoms with Crippen molar-refractivity contribution < 1.29 is 4.79 Å². The number of rotatable bonds is 6. The first-order valence-corrected chi connectivity index (χ1v) is 7.36. The van der Waals surface area contributed by atoms with Crippen LogP contribution >= 0.6 is 0 Å². The number of carbonyl (C=O) groups excluding carboxylic acids is 1. The molecule has 0 amide bonds. The van der Waals surface area contributed by atoms with Crippen LogP contribution in [-0.2, 0) is 17.6 Å². The summed E-state index contributed by atoms with van der Waals surface area (Å²) in [6.07, 6.45) is 6.40. The lowest BCUT2D eigenvalue weighted by Gasteiger charge is -2.17. The lowest BCUT2D eigenvalue weighted by Crippen LogP contribution is -2.23. The van der Waals surface area contributed by atoms with Crippen LogP contribution in [0.4, 0.5) is 0 Å². The summed E-state index contributed by atoms with van der Waals surface area (Å²) >= 11 is 0. The maximum absolute atomic E-state index is 12.6. The summed E-state index contributed by atoms with van der Waals surface area (Å²) in [5.41, 5.74) is 2.78. The summed E-state index contributed by atoms with van der Waals surface area (Å²) in [6.45, 7) is 4.35. The lowest BCUT2D eigenvalue weighted by atomic mass is 9.86. The van der Waals surface area contributed by atoms with Crippen molar-refractivity contribution in [3.8, 4) is 0 Å². The Morgan fingerprint density at radius 2 is 1.83 bits per heavy atom. The van der Waals surface area contributed by atoms with Gasteiger partial charge in [0, 0.05) is 11.8 Å². The zero-order valence-electron chi connectivity index (χ0n) is 11.6. The standard InChI is InChI=1S/C17H24O/c1-3-5-8-13(4-2)17(18)16-11-14-9-6-7-10-15(14)12-16/h6-7,9-10,13,16H,3-5,8,11-12H2,1-2H3. The summed E-state index contributed by atoms with van der Waals surface area (Å²) in [5, 5.41) is 0. The normalized spacial score (nSPS) is 16.6. The average molecular weight is 244 g/mol. The van der Waals surface area contributed by atoms with Gasteiger partial charge in [-0.15, -0.1) is 0 Å². The number of ketones is 1. The van der Waals surface area contributed by atoms with E-state index < -0.39 is 0 Å². The van der Waals surface area contributed by atoms with E-state index in [1.165, 1.54) is 24.0 Å². The molecule has 0 fully saturated rings. The van der Waals surface area contributed by atoms with E-state index in [1.54, 1.807) is 0 Å². The van der Waals surface area contributed by atoms with Crippen molar-refractivity contribution in [1.82, 2.24) is 0 Å². The highest BCUT2D eigenvalue weighted by Gasteiger charge is 2.30. The van der Waals surface area contributed by atoms with Gasteiger partial charge in [-0.25, -0.2) is 0 Å². The summed E-state index contributed by atoms with van der Waals surface area (Å²) in [6, 6.07) is 8.52. The highest BCUT2D eigenvalue weighted by atomic mass is 16.1. The Hall–Kier alpha value is -1.11. The van der Waals surface area contributed by atoms with Gasteiger partial charge in [-0.2, -0.15) is 0 Å². The second-order valence-corrected chi connectivity index (χ2v) is 5.52. The highest BCUT2D eigenvalue weighted by molar-refractivity contribution is 5.84. The SMILES string of the molecule is CCCCC(CC)C(=O)C1Cc2ccccc2C1. The second-order valence-electron chi connectivity index (χ2n) is 5.52. The Kier molecular flexibility index (Phi) is 4.57. The van der Waals surface area contributed by atoms with E-state index in [0.717, 1.165) is 25.7 Å². The van der Waals surface area contributed by atoms with Gasteiger partial charge in [0.15, 0.2) is 0 Å². The van der Waals surface area contributed by atoms with Crippen LogP contribution in [0.3, 0.4) is 0 Å². The molecule has 0 radical (unpaired) electrons. The van der Waals surface area contributed by atoms with Gasteiger partial charge in [0.2, 0.25) is 0 Å². The largest absolute Gasteiger partial charge is 0.299 e. The van der Waals surface area contributed by atoms with E-state index in [0.29, 0.717) is 11.7 Å². The van der Waals surface area contributed by atoms with Crippen molar-refractivity contribution in [2.45, 2.75) is 52.4 Å². The fourth-order valence-electron chi connectivity index (χ4n) is 3.09. The Morgan fingerprint density at radius 3 is 2.33 bits per heavy atom. The van der Waals surface area contributed by atoms with Gasteiger partial charge in [-0.3, -0.25) is 4.79 Å². The molecule has 18 heavy (non-hydrogen) atoms. The average Bonchev–Trinajstić information content (AvgIpc) is 2.83.